The molecule has 5 heteroatoms. The molecule has 1 saturated heterocycles. The number of piperidine rings is 1. The van der Waals surface area contributed by atoms with E-state index in [2.05, 4.69) is 11.1 Å². The minimum atomic E-state index is -2.60. The number of hydrogen-bond acceptors (Lipinski definition) is 3. The number of benzene rings is 1. The third kappa shape index (κ3) is 2.42. The molecular weight excluding hydrogens is 272 g/mol. The molecule has 1 aliphatic rings. The third-order valence-corrected chi connectivity index (χ3v) is 4.04. The van der Waals surface area contributed by atoms with E-state index in [1.807, 2.05) is 31.2 Å². The Bertz CT molecular complexity index is 724. The van der Waals surface area contributed by atoms with E-state index in [0.29, 0.717) is 11.4 Å². The van der Waals surface area contributed by atoms with Crippen LogP contribution in [-0.2, 0) is 0 Å². The van der Waals surface area contributed by atoms with Gasteiger partial charge in [-0.2, -0.15) is 5.26 Å². The molecule has 1 aromatic heterocycles. The van der Waals surface area contributed by atoms with E-state index in [-0.39, 0.29) is 25.9 Å². The van der Waals surface area contributed by atoms with Gasteiger partial charge >= 0.3 is 0 Å². The first kappa shape index (κ1) is 13.7. The Morgan fingerprint density at radius 2 is 1.90 bits per heavy atom. The van der Waals surface area contributed by atoms with Gasteiger partial charge in [0.1, 0.15) is 11.9 Å². The van der Waals surface area contributed by atoms with Crippen molar-refractivity contribution in [2.24, 2.45) is 0 Å². The molecule has 0 saturated carbocycles. The van der Waals surface area contributed by atoms with Gasteiger partial charge in [-0.15, -0.1) is 0 Å². The number of alkyl halides is 2. The molecule has 0 aliphatic carbocycles. The van der Waals surface area contributed by atoms with Crippen LogP contribution in [0.5, 0.6) is 0 Å². The quantitative estimate of drug-likeness (QED) is 0.803. The van der Waals surface area contributed by atoms with Gasteiger partial charge in [-0.05, 0) is 18.6 Å². The number of fused-ring (bicyclic) bond motifs is 1. The van der Waals surface area contributed by atoms with Crippen molar-refractivity contribution in [3.05, 3.63) is 35.4 Å². The Morgan fingerprint density at radius 3 is 2.57 bits per heavy atom. The van der Waals surface area contributed by atoms with Crippen LogP contribution in [0.15, 0.2) is 24.3 Å². The van der Waals surface area contributed by atoms with Crippen molar-refractivity contribution >= 4 is 16.7 Å². The molecule has 1 aliphatic heterocycles. The molecule has 0 atom stereocenters. The summed E-state index contributed by atoms with van der Waals surface area (Å²) >= 11 is 0. The first-order valence-corrected chi connectivity index (χ1v) is 6.94. The predicted molar refractivity (Wildman–Crippen MR) is 77.6 cm³/mol. The van der Waals surface area contributed by atoms with Crippen LogP contribution in [0.3, 0.4) is 0 Å². The number of nitriles is 1. The first-order valence-electron chi connectivity index (χ1n) is 6.94. The summed E-state index contributed by atoms with van der Waals surface area (Å²) in [4.78, 5) is 6.34. The summed E-state index contributed by atoms with van der Waals surface area (Å²) < 4.78 is 26.6. The zero-order chi connectivity index (χ0) is 15.0. The van der Waals surface area contributed by atoms with Crippen molar-refractivity contribution in [3.63, 3.8) is 0 Å². The highest BCUT2D eigenvalue weighted by molar-refractivity contribution is 5.87. The van der Waals surface area contributed by atoms with Crippen LogP contribution in [0.2, 0.25) is 0 Å². The number of halogens is 2. The normalized spacial score (nSPS) is 17.7. The zero-order valence-electron chi connectivity index (χ0n) is 11.7. The molecule has 3 rings (SSSR count). The highest BCUT2D eigenvalue weighted by Gasteiger charge is 2.35. The number of aromatic nitrogens is 1. The molecule has 21 heavy (non-hydrogen) atoms. The van der Waals surface area contributed by atoms with Crippen LogP contribution in [-0.4, -0.2) is 24.0 Å². The van der Waals surface area contributed by atoms with E-state index in [9.17, 15) is 14.0 Å². The highest BCUT2D eigenvalue weighted by Crippen LogP contribution is 2.33. The summed E-state index contributed by atoms with van der Waals surface area (Å²) in [6.07, 6.45) is -0.378. The van der Waals surface area contributed by atoms with E-state index in [0.717, 1.165) is 16.5 Å². The number of hydrogen-bond donors (Lipinski definition) is 0. The van der Waals surface area contributed by atoms with Crippen molar-refractivity contribution in [2.75, 3.05) is 18.0 Å². The number of rotatable bonds is 1. The van der Waals surface area contributed by atoms with Gasteiger partial charge in [0.05, 0.1) is 11.1 Å². The molecule has 0 amide bonds. The maximum absolute atomic E-state index is 13.3. The molecule has 0 radical (unpaired) electrons. The van der Waals surface area contributed by atoms with Crippen LogP contribution in [0.4, 0.5) is 14.6 Å². The van der Waals surface area contributed by atoms with E-state index in [4.69, 9.17) is 0 Å². The van der Waals surface area contributed by atoms with Crippen LogP contribution in [0, 0.1) is 18.3 Å². The molecule has 0 bridgehead atoms. The lowest BCUT2D eigenvalue weighted by atomic mass is 10.0. The fourth-order valence-corrected chi connectivity index (χ4v) is 2.77. The monoisotopic (exact) mass is 287 g/mol. The molecule has 2 aromatic rings. The molecule has 0 N–H and O–H groups in total. The summed E-state index contributed by atoms with van der Waals surface area (Å²) in [5, 5.41) is 10.4. The zero-order valence-corrected chi connectivity index (χ0v) is 11.7. The van der Waals surface area contributed by atoms with Gasteiger partial charge in [-0.1, -0.05) is 18.2 Å². The van der Waals surface area contributed by atoms with Crippen molar-refractivity contribution in [2.45, 2.75) is 25.7 Å². The molecule has 3 nitrogen and oxygen atoms in total. The van der Waals surface area contributed by atoms with E-state index >= 15 is 0 Å². The maximum atomic E-state index is 13.3. The second-order valence-electron chi connectivity index (χ2n) is 5.41. The summed E-state index contributed by atoms with van der Waals surface area (Å²) in [7, 11) is 0. The summed E-state index contributed by atoms with van der Waals surface area (Å²) in [6.45, 7) is 2.34. The molecule has 2 heterocycles. The van der Waals surface area contributed by atoms with Crippen LogP contribution < -0.4 is 4.90 Å². The van der Waals surface area contributed by atoms with E-state index in [1.165, 1.54) is 0 Å². The molecule has 0 spiro atoms. The second-order valence-corrected chi connectivity index (χ2v) is 5.41. The van der Waals surface area contributed by atoms with E-state index < -0.39 is 5.92 Å². The maximum Gasteiger partial charge on any atom is 0.251 e. The van der Waals surface area contributed by atoms with Crippen LogP contribution >= 0.6 is 0 Å². The lowest BCUT2D eigenvalue weighted by molar-refractivity contribution is -0.0221. The standard InChI is InChI=1S/C16H15F2N3/c1-11-12-4-2-3-5-14(12)20-15(13(11)10-19)21-8-6-16(17,18)7-9-21/h2-5H,6-9H2,1H3. The molecule has 0 unspecified atom stereocenters. The van der Waals surface area contributed by atoms with Gasteiger partial charge in [0.25, 0.3) is 5.92 Å². The minimum Gasteiger partial charge on any atom is -0.355 e. The van der Waals surface area contributed by atoms with Crippen molar-refractivity contribution in [1.29, 1.82) is 5.26 Å². The lowest BCUT2D eigenvalue weighted by Gasteiger charge is -2.33. The van der Waals surface area contributed by atoms with Gasteiger partial charge in [0, 0.05) is 31.3 Å². The van der Waals surface area contributed by atoms with Gasteiger partial charge < -0.3 is 4.90 Å². The van der Waals surface area contributed by atoms with Gasteiger partial charge in [0.2, 0.25) is 0 Å². The van der Waals surface area contributed by atoms with Crippen LogP contribution in [0.25, 0.3) is 10.9 Å². The smallest absolute Gasteiger partial charge is 0.251 e. The fraction of sp³-hybridized carbons (Fsp3) is 0.375. The largest absolute Gasteiger partial charge is 0.355 e. The number of aryl methyl sites for hydroxylation is 1. The minimum absolute atomic E-state index is 0.189. The first-order chi connectivity index (χ1) is 10.0. The Morgan fingerprint density at radius 1 is 1.24 bits per heavy atom. The Hall–Kier alpha value is -2.22. The van der Waals surface area contributed by atoms with Gasteiger partial charge in [-0.25, -0.2) is 13.8 Å². The average Bonchev–Trinajstić information content (AvgIpc) is 2.47. The Balaban J connectivity index is 2.08. The van der Waals surface area contributed by atoms with Gasteiger partial charge in [0.15, 0.2) is 0 Å². The molecule has 1 fully saturated rings. The van der Waals surface area contributed by atoms with Crippen molar-refractivity contribution < 1.29 is 8.78 Å². The second kappa shape index (κ2) is 4.96. The summed E-state index contributed by atoms with van der Waals surface area (Å²) in [5.74, 6) is -2.07. The molecule has 1 aromatic carbocycles. The number of nitrogens with zero attached hydrogens (tertiary/aromatic N) is 3. The van der Waals surface area contributed by atoms with Crippen molar-refractivity contribution in [3.8, 4) is 6.07 Å². The number of anilines is 1. The predicted octanol–water partition coefficient (Wildman–Crippen LogP) is 3.65. The Kier molecular flexibility index (Phi) is 3.25. The van der Waals surface area contributed by atoms with E-state index in [1.54, 1.807) is 4.90 Å². The topological polar surface area (TPSA) is 39.9 Å². The number of pyridine rings is 1. The SMILES string of the molecule is Cc1c(C#N)c(N2CCC(F)(F)CC2)nc2ccccc12. The third-order valence-electron chi connectivity index (χ3n) is 4.04. The number of para-hydroxylation sites is 1. The van der Waals surface area contributed by atoms with Crippen molar-refractivity contribution in [1.82, 2.24) is 4.98 Å². The summed E-state index contributed by atoms with van der Waals surface area (Å²) in [5.41, 5.74) is 2.13. The molecular formula is C16H15F2N3. The van der Waals surface area contributed by atoms with Crippen LogP contribution in [0.1, 0.15) is 24.0 Å². The Labute approximate surface area is 121 Å². The molecule has 108 valence electrons. The highest BCUT2D eigenvalue weighted by atomic mass is 19.3. The lowest BCUT2D eigenvalue weighted by Crippen LogP contribution is -2.40. The summed E-state index contributed by atoms with van der Waals surface area (Å²) in [6, 6.07) is 9.77. The average molecular weight is 287 g/mol. The van der Waals surface area contributed by atoms with Gasteiger partial charge in [-0.3, -0.25) is 0 Å². The fourth-order valence-electron chi connectivity index (χ4n) is 2.77.